The van der Waals surface area contributed by atoms with Gasteiger partial charge in [-0.2, -0.15) is 0 Å². The Morgan fingerprint density at radius 3 is 2.24 bits per heavy atom. The van der Waals surface area contributed by atoms with Crippen molar-refractivity contribution in [1.82, 2.24) is 10.6 Å². The highest BCUT2D eigenvalue weighted by Crippen LogP contribution is 2.44. The number of methoxy groups -OCH3 is 1. The maximum absolute atomic E-state index is 12.6. The lowest BCUT2D eigenvalue weighted by Gasteiger charge is -2.22. The molecule has 0 aromatic heterocycles. The van der Waals surface area contributed by atoms with Gasteiger partial charge in [0.25, 0.3) is 0 Å². The summed E-state index contributed by atoms with van der Waals surface area (Å²) in [4.78, 5) is 36.5. The zero-order chi connectivity index (χ0) is 24.2. The van der Waals surface area contributed by atoms with E-state index in [-0.39, 0.29) is 30.4 Å². The van der Waals surface area contributed by atoms with Gasteiger partial charge >= 0.3 is 12.1 Å². The van der Waals surface area contributed by atoms with E-state index in [1.807, 2.05) is 24.3 Å². The second-order valence-corrected chi connectivity index (χ2v) is 8.94. The van der Waals surface area contributed by atoms with E-state index in [1.54, 1.807) is 6.92 Å². The molecule has 180 valence electrons. The molecular formula is C26H30N2O6. The summed E-state index contributed by atoms with van der Waals surface area (Å²) < 4.78 is 10.6. The number of carbonyl (C=O) groups is 3. The number of nitrogens with one attached hydrogen (secondary N) is 2. The fourth-order valence-electron chi connectivity index (χ4n) is 4.94. The predicted octanol–water partition coefficient (Wildman–Crippen LogP) is 3.30. The van der Waals surface area contributed by atoms with Crippen LogP contribution in [0.25, 0.3) is 11.1 Å². The Labute approximate surface area is 198 Å². The van der Waals surface area contributed by atoms with Gasteiger partial charge in [0.1, 0.15) is 6.61 Å². The van der Waals surface area contributed by atoms with Gasteiger partial charge in [-0.1, -0.05) is 48.5 Å². The molecule has 4 atom stereocenters. The summed E-state index contributed by atoms with van der Waals surface area (Å²) in [7, 11) is 1.40. The molecule has 8 nitrogen and oxygen atoms in total. The molecule has 2 aromatic carbocycles. The summed E-state index contributed by atoms with van der Waals surface area (Å²) in [6.07, 6.45) is 0.458. The van der Waals surface area contributed by atoms with Crippen LogP contribution >= 0.6 is 0 Å². The fourth-order valence-corrected chi connectivity index (χ4v) is 4.94. The molecule has 1 saturated carbocycles. The molecule has 4 rings (SSSR count). The largest absolute Gasteiger partial charge is 0.480 e. The summed E-state index contributed by atoms with van der Waals surface area (Å²) in [6, 6.07) is 15.0. The Kier molecular flexibility index (Phi) is 7.17. The first kappa shape index (κ1) is 23.8. The van der Waals surface area contributed by atoms with E-state index in [0.717, 1.165) is 11.1 Å². The van der Waals surface area contributed by atoms with Crippen molar-refractivity contribution in [3.05, 3.63) is 59.7 Å². The minimum absolute atomic E-state index is 0.0176. The van der Waals surface area contributed by atoms with Crippen LogP contribution in [-0.4, -0.2) is 55.0 Å². The zero-order valence-electron chi connectivity index (χ0n) is 19.3. The highest BCUT2D eigenvalue weighted by Gasteiger charge is 2.35. The molecule has 2 amide bonds. The van der Waals surface area contributed by atoms with Gasteiger partial charge in [-0.25, -0.2) is 9.59 Å². The number of hydrogen-bond acceptors (Lipinski definition) is 5. The Morgan fingerprint density at radius 1 is 1.03 bits per heavy atom. The topological polar surface area (TPSA) is 114 Å². The van der Waals surface area contributed by atoms with Gasteiger partial charge in [-0.05, 0) is 48.4 Å². The maximum Gasteiger partial charge on any atom is 0.407 e. The van der Waals surface area contributed by atoms with Crippen LogP contribution in [0.2, 0.25) is 0 Å². The predicted molar refractivity (Wildman–Crippen MR) is 125 cm³/mol. The molecule has 2 aromatic rings. The van der Waals surface area contributed by atoms with Crippen molar-refractivity contribution in [2.75, 3.05) is 13.7 Å². The number of hydrogen-bond donors (Lipinski definition) is 3. The van der Waals surface area contributed by atoms with E-state index in [4.69, 9.17) is 9.47 Å². The third kappa shape index (κ3) is 4.92. The molecule has 0 radical (unpaired) electrons. The normalized spacial score (nSPS) is 20.6. The number of aliphatic carboxylic acids is 1. The quantitative estimate of drug-likeness (QED) is 0.550. The van der Waals surface area contributed by atoms with Crippen molar-refractivity contribution in [3.63, 3.8) is 0 Å². The second kappa shape index (κ2) is 10.3. The first-order chi connectivity index (χ1) is 16.4. The number of benzene rings is 2. The van der Waals surface area contributed by atoms with Crippen molar-refractivity contribution in [1.29, 1.82) is 0 Å². The summed E-state index contributed by atoms with van der Waals surface area (Å²) >= 11 is 0. The molecule has 0 unspecified atom stereocenters. The first-order valence-electron chi connectivity index (χ1n) is 11.6. The Morgan fingerprint density at radius 2 is 1.65 bits per heavy atom. The molecule has 34 heavy (non-hydrogen) atoms. The van der Waals surface area contributed by atoms with Gasteiger partial charge in [0.05, 0.1) is 6.10 Å². The van der Waals surface area contributed by atoms with Crippen LogP contribution in [0.4, 0.5) is 4.79 Å². The number of ether oxygens (including phenoxy) is 2. The minimum Gasteiger partial charge on any atom is -0.480 e. The highest BCUT2D eigenvalue weighted by molar-refractivity contribution is 5.85. The highest BCUT2D eigenvalue weighted by atomic mass is 16.5. The molecule has 0 spiro atoms. The minimum atomic E-state index is -1.14. The van der Waals surface area contributed by atoms with Gasteiger partial charge in [0, 0.05) is 25.0 Å². The summed E-state index contributed by atoms with van der Waals surface area (Å²) in [5, 5.41) is 14.8. The van der Waals surface area contributed by atoms with Crippen molar-refractivity contribution in [2.24, 2.45) is 5.92 Å². The number of rotatable bonds is 8. The van der Waals surface area contributed by atoms with Gasteiger partial charge in [-0.3, -0.25) is 4.79 Å². The second-order valence-electron chi connectivity index (χ2n) is 8.94. The number of carboxylic acids is 1. The number of amides is 2. The lowest BCUT2D eigenvalue weighted by atomic mass is 9.98. The van der Waals surface area contributed by atoms with E-state index in [2.05, 4.69) is 34.9 Å². The van der Waals surface area contributed by atoms with Crippen LogP contribution in [0.3, 0.4) is 0 Å². The van der Waals surface area contributed by atoms with Gasteiger partial charge in [0.2, 0.25) is 5.91 Å². The third-order valence-corrected chi connectivity index (χ3v) is 6.87. The lowest BCUT2D eigenvalue weighted by molar-refractivity contribution is -0.146. The van der Waals surface area contributed by atoms with Crippen LogP contribution in [0.15, 0.2) is 48.5 Å². The lowest BCUT2D eigenvalue weighted by Crippen LogP contribution is -2.50. The van der Waals surface area contributed by atoms with Crippen LogP contribution in [-0.2, 0) is 19.1 Å². The number of carbonyl (C=O) groups excluding carboxylic acids is 2. The molecule has 2 aliphatic rings. The maximum atomic E-state index is 12.6. The van der Waals surface area contributed by atoms with E-state index >= 15 is 0 Å². The molecule has 0 heterocycles. The Hall–Kier alpha value is -3.39. The molecule has 0 bridgehead atoms. The average Bonchev–Trinajstić information content (AvgIpc) is 3.43. The monoisotopic (exact) mass is 466 g/mol. The first-order valence-corrected chi connectivity index (χ1v) is 11.6. The summed E-state index contributed by atoms with van der Waals surface area (Å²) in [6.45, 7) is 1.82. The van der Waals surface area contributed by atoms with Crippen LogP contribution < -0.4 is 10.6 Å². The van der Waals surface area contributed by atoms with E-state index in [1.165, 1.54) is 18.2 Å². The number of alkyl carbamates (subject to hydrolysis) is 1. The van der Waals surface area contributed by atoms with Crippen LogP contribution in [0, 0.1) is 5.92 Å². The van der Waals surface area contributed by atoms with Crippen molar-refractivity contribution in [3.8, 4) is 11.1 Å². The van der Waals surface area contributed by atoms with Crippen LogP contribution in [0.1, 0.15) is 43.2 Å². The Bertz CT molecular complexity index is 1030. The third-order valence-electron chi connectivity index (χ3n) is 6.87. The van der Waals surface area contributed by atoms with Gasteiger partial charge in [0.15, 0.2) is 6.04 Å². The molecule has 3 N–H and O–H groups in total. The van der Waals surface area contributed by atoms with Crippen molar-refractivity contribution in [2.45, 2.75) is 50.3 Å². The summed E-state index contributed by atoms with van der Waals surface area (Å²) in [5.74, 6) is -1.87. The zero-order valence-corrected chi connectivity index (χ0v) is 19.3. The van der Waals surface area contributed by atoms with Gasteiger partial charge < -0.3 is 25.2 Å². The standard InChI is InChI=1S/C26H30N2O6/c1-15(33-2)23(25(30)31)28-24(29)16-11-12-17(13-16)27-26(32)34-14-22-20-9-5-3-7-18(20)19-8-4-6-10-21(19)22/h3-10,15-17,22-23H,11-14H2,1-2H3,(H,27,32)(H,28,29)(H,30,31)/t15-,16+,17-,23+/m1/s1. The SMILES string of the molecule is CO[C@H](C)[C@H](NC(=O)[C@H]1CC[C@@H](NC(=O)OCC2c3ccccc3-c3ccccc32)C1)C(=O)O. The molecule has 0 saturated heterocycles. The van der Waals surface area contributed by atoms with E-state index in [9.17, 15) is 19.5 Å². The smallest absolute Gasteiger partial charge is 0.407 e. The molecule has 1 fully saturated rings. The van der Waals surface area contributed by atoms with Crippen molar-refractivity contribution < 1.29 is 29.0 Å². The molecule has 2 aliphatic carbocycles. The molecular weight excluding hydrogens is 436 g/mol. The number of fused-ring (bicyclic) bond motifs is 3. The van der Waals surface area contributed by atoms with E-state index < -0.39 is 24.2 Å². The summed E-state index contributed by atoms with van der Waals surface area (Å²) in [5.41, 5.74) is 4.62. The molecule has 8 heteroatoms. The Balaban J connectivity index is 1.29. The fraction of sp³-hybridized carbons (Fsp3) is 0.423. The average molecular weight is 467 g/mol. The molecule has 0 aliphatic heterocycles. The van der Waals surface area contributed by atoms with Crippen molar-refractivity contribution >= 4 is 18.0 Å². The van der Waals surface area contributed by atoms with E-state index in [0.29, 0.717) is 19.3 Å². The van der Waals surface area contributed by atoms with Gasteiger partial charge in [-0.15, -0.1) is 0 Å². The van der Waals surface area contributed by atoms with Crippen LogP contribution in [0.5, 0.6) is 0 Å². The number of carboxylic acid groups (broad SMARTS) is 1.